The van der Waals surface area contributed by atoms with E-state index in [1.807, 2.05) is 0 Å². The Balaban J connectivity index is 1.89. The van der Waals surface area contributed by atoms with Gasteiger partial charge in [0.05, 0.1) is 5.60 Å². The topological polar surface area (TPSA) is 78.9 Å². The fourth-order valence-corrected chi connectivity index (χ4v) is 4.06. The Morgan fingerprint density at radius 2 is 2.11 bits per heavy atom. The number of aliphatic hydroxyl groups is 1. The van der Waals surface area contributed by atoms with Crippen molar-refractivity contribution in [3.8, 4) is 0 Å². The first-order valence-electron chi connectivity index (χ1n) is 6.96. The second-order valence-electron chi connectivity index (χ2n) is 5.77. The van der Waals surface area contributed by atoms with E-state index in [4.69, 9.17) is 4.74 Å². The van der Waals surface area contributed by atoms with Crippen molar-refractivity contribution in [3.63, 3.8) is 0 Å². The summed E-state index contributed by atoms with van der Waals surface area (Å²) in [5.74, 6) is 0.400. The number of ether oxygens (including phenoxy) is 1. The highest BCUT2D eigenvalue weighted by molar-refractivity contribution is 7.87. The summed E-state index contributed by atoms with van der Waals surface area (Å²) in [6, 6.07) is 0. The molecule has 2 fully saturated rings. The van der Waals surface area contributed by atoms with Gasteiger partial charge < -0.3 is 9.84 Å². The summed E-state index contributed by atoms with van der Waals surface area (Å²) in [7, 11) is -3.47. The van der Waals surface area contributed by atoms with Gasteiger partial charge >= 0.3 is 0 Å². The molecule has 2 rings (SSSR count). The van der Waals surface area contributed by atoms with Gasteiger partial charge in [0.25, 0.3) is 10.2 Å². The number of hydrogen-bond acceptors (Lipinski definition) is 4. The van der Waals surface area contributed by atoms with E-state index in [-0.39, 0.29) is 6.54 Å². The number of nitrogens with one attached hydrogen (secondary N) is 1. The summed E-state index contributed by atoms with van der Waals surface area (Å²) in [5, 5.41) is 10.3. The van der Waals surface area contributed by atoms with Crippen molar-refractivity contribution in [2.75, 3.05) is 32.8 Å². The molecule has 7 heteroatoms. The van der Waals surface area contributed by atoms with Gasteiger partial charge in [0, 0.05) is 45.7 Å². The van der Waals surface area contributed by atoms with E-state index in [2.05, 4.69) is 11.6 Å². The maximum atomic E-state index is 12.2. The third-order valence-electron chi connectivity index (χ3n) is 3.97. The van der Waals surface area contributed by atoms with Crippen molar-refractivity contribution >= 4 is 10.2 Å². The van der Waals surface area contributed by atoms with Gasteiger partial charge in [-0.3, -0.25) is 0 Å². The molecule has 0 amide bonds. The molecular weight excluding hydrogens is 268 g/mol. The van der Waals surface area contributed by atoms with Crippen molar-refractivity contribution in [3.05, 3.63) is 0 Å². The van der Waals surface area contributed by atoms with Crippen LogP contribution in [0.5, 0.6) is 0 Å². The zero-order chi connectivity index (χ0) is 13.9. The average Bonchev–Trinajstić information content (AvgIpc) is 2.38. The monoisotopic (exact) mass is 292 g/mol. The average molecular weight is 292 g/mol. The number of nitrogens with zero attached hydrogens (tertiary/aromatic N) is 1. The summed E-state index contributed by atoms with van der Waals surface area (Å²) in [6.45, 7) is 4.24. The first-order valence-corrected chi connectivity index (χ1v) is 8.40. The van der Waals surface area contributed by atoms with Crippen LogP contribution >= 0.6 is 0 Å². The fourth-order valence-electron chi connectivity index (χ4n) is 2.61. The highest BCUT2D eigenvalue weighted by atomic mass is 32.2. The zero-order valence-electron chi connectivity index (χ0n) is 11.5. The molecule has 19 heavy (non-hydrogen) atoms. The van der Waals surface area contributed by atoms with Crippen LogP contribution < -0.4 is 4.72 Å². The molecule has 0 aromatic heterocycles. The van der Waals surface area contributed by atoms with Crippen LogP contribution in [-0.4, -0.2) is 56.3 Å². The Morgan fingerprint density at radius 1 is 1.42 bits per heavy atom. The van der Waals surface area contributed by atoms with Crippen LogP contribution in [0.1, 0.15) is 32.6 Å². The highest BCUT2D eigenvalue weighted by Gasteiger charge is 2.33. The normalized spacial score (nSPS) is 29.3. The minimum Gasteiger partial charge on any atom is -0.388 e. The Morgan fingerprint density at radius 3 is 2.74 bits per heavy atom. The van der Waals surface area contributed by atoms with Gasteiger partial charge in [-0.1, -0.05) is 6.92 Å². The lowest BCUT2D eigenvalue weighted by Gasteiger charge is -2.34. The number of hydrogen-bond donors (Lipinski definition) is 2. The molecule has 2 aliphatic heterocycles. The second kappa shape index (κ2) is 6.05. The van der Waals surface area contributed by atoms with Gasteiger partial charge in [0.15, 0.2) is 0 Å². The summed E-state index contributed by atoms with van der Waals surface area (Å²) in [6.07, 6.45) is 2.94. The molecule has 0 aliphatic carbocycles. The van der Waals surface area contributed by atoms with Crippen LogP contribution in [0.15, 0.2) is 0 Å². The van der Waals surface area contributed by atoms with Crippen molar-refractivity contribution in [2.24, 2.45) is 5.92 Å². The van der Waals surface area contributed by atoms with E-state index in [1.54, 1.807) is 0 Å². The van der Waals surface area contributed by atoms with Gasteiger partial charge in [-0.05, 0) is 18.8 Å². The Labute approximate surface area is 115 Å². The Hall–Kier alpha value is -0.210. The first kappa shape index (κ1) is 15.2. The molecule has 0 bridgehead atoms. The molecule has 2 saturated heterocycles. The van der Waals surface area contributed by atoms with Crippen molar-refractivity contribution in [1.82, 2.24) is 9.03 Å². The lowest BCUT2D eigenvalue weighted by Crippen LogP contribution is -2.51. The molecule has 0 radical (unpaired) electrons. The smallest absolute Gasteiger partial charge is 0.279 e. The molecule has 0 saturated carbocycles. The van der Waals surface area contributed by atoms with Gasteiger partial charge in [-0.2, -0.15) is 17.4 Å². The third kappa shape index (κ3) is 4.13. The maximum absolute atomic E-state index is 12.2. The quantitative estimate of drug-likeness (QED) is 0.770. The second-order valence-corrected chi connectivity index (χ2v) is 7.52. The standard InChI is InChI=1S/C12H24N2O4S/c1-11-3-2-6-14(9-11)19(16,17)13-10-12(15)4-7-18-8-5-12/h11,13,15H,2-10H2,1H3. The summed E-state index contributed by atoms with van der Waals surface area (Å²) < 4.78 is 33.6. The minimum absolute atomic E-state index is 0.0730. The van der Waals surface area contributed by atoms with Crippen LogP contribution in [0.25, 0.3) is 0 Å². The number of piperidine rings is 1. The Bertz CT molecular complexity index is 393. The lowest BCUT2D eigenvalue weighted by molar-refractivity contribution is -0.0590. The molecule has 2 N–H and O–H groups in total. The first-order chi connectivity index (χ1) is 8.91. The van der Waals surface area contributed by atoms with Crippen LogP contribution in [0.3, 0.4) is 0 Å². The third-order valence-corrected chi connectivity index (χ3v) is 5.49. The molecule has 1 unspecified atom stereocenters. The van der Waals surface area contributed by atoms with Crippen molar-refractivity contribution in [1.29, 1.82) is 0 Å². The molecule has 1 atom stereocenters. The van der Waals surface area contributed by atoms with Crippen LogP contribution in [0, 0.1) is 5.92 Å². The van der Waals surface area contributed by atoms with Gasteiger partial charge in [-0.15, -0.1) is 0 Å². The van der Waals surface area contributed by atoms with Gasteiger partial charge in [0.1, 0.15) is 0 Å². The molecule has 6 nitrogen and oxygen atoms in total. The minimum atomic E-state index is -3.47. The SMILES string of the molecule is CC1CCCN(S(=O)(=O)NCC2(O)CCOCC2)C1. The van der Waals surface area contributed by atoms with E-state index in [1.165, 1.54) is 4.31 Å². The zero-order valence-corrected chi connectivity index (χ0v) is 12.3. The molecule has 0 aromatic carbocycles. The van der Waals surface area contributed by atoms with Crippen molar-refractivity contribution < 1.29 is 18.3 Å². The molecule has 0 aromatic rings. The van der Waals surface area contributed by atoms with Gasteiger partial charge in [-0.25, -0.2) is 0 Å². The molecule has 2 aliphatic rings. The Kier molecular flexibility index (Phi) is 4.84. The van der Waals surface area contributed by atoms with Crippen molar-refractivity contribution in [2.45, 2.75) is 38.2 Å². The van der Waals surface area contributed by atoms with Crippen LogP contribution in [0.2, 0.25) is 0 Å². The summed E-state index contributed by atoms with van der Waals surface area (Å²) in [4.78, 5) is 0. The lowest BCUT2D eigenvalue weighted by atomic mass is 9.95. The highest BCUT2D eigenvalue weighted by Crippen LogP contribution is 2.21. The van der Waals surface area contributed by atoms with Crippen LogP contribution in [0.4, 0.5) is 0 Å². The largest absolute Gasteiger partial charge is 0.388 e. The summed E-state index contributed by atoms with van der Waals surface area (Å²) in [5.41, 5.74) is -0.966. The molecule has 112 valence electrons. The number of rotatable bonds is 4. The molecule has 0 spiro atoms. The van der Waals surface area contributed by atoms with Crippen LogP contribution in [-0.2, 0) is 14.9 Å². The predicted molar refractivity (Wildman–Crippen MR) is 71.9 cm³/mol. The molecule has 2 heterocycles. The summed E-state index contributed by atoms with van der Waals surface area (Å²) >= 11 is 0. The van der Waals surface area contributed by atoms with Gasteiger partial charge in [0.2, 0.25) is 0 Å². The predicted octanol–water partition coefficient (Wildman–Crippen LogP) is 0.0942. The maximum Gasteiger partial charge on any atom is 0.279 e. The fraction of sp³-hybridized carbons (Fsp3) is 1.00. The van der Waals surface area contributed by atoms with E-state index in [0.29, 0.717) is 45.1 Å². The van der Waals surface area contributed by atoms with E-state index in [9.17, 15) is 13.5 Å². The van der Waals surface area contributed by atoms with E-state index >= 15 is 0 Å². The molecular formula is C12H24N2O4S. The van der Waals surface area contributed by atoms with E-state index in [0.717, 1.165) is 12.8 Å². The van der Waals surface area contributed by atoms with E-state index < -0.39 is 15.8 Å².